The number of nitrogens with zero attached hydrogens (tertiary/aromatic N) is 1. The van der Waals surface area contributed by atoms with Crippen LogP contribution in [0.2, 0.25) is 0 Å². The standard InChI is InChI=1S/C16H21N3O3/c1-9-4-5-12-13(8-9)16(22)19(15(12)21)11(3)14(20)18-7-6-10(2)17/h4-5,8,10-11H,6-7,17H2,1-3H3,(H,18,20). The number of amides is 3. The molecule has 118 valence electrons. The zero-order valence-corrected chi connectivity index (χ0v) is 13.1. The maximum atomic E-state index is 12.4. The minimum absolute atomic E-state index is 0.0158. The molecule has 0 aliphatic carbocycles. The first-order chi connectivity index (χ1) is 10.3. The SMILES string of the molecule is Cc1ccc2c(c1)C(=O)N(C(C)C(=O)NCCC(C)N)C2=O. The third-order valence-corrected chi connectivity index (χ3v) is 3.74. The highest BCUT2D eigenvalue weighted by Gasteiger charge is 2.40. The average Bonchev–Trinajstić information content (AvgIpc) is 2.69. The van der Waals surface area contributed by atoms with Gasteiger partial charge in [0.05, 0.1) is 11.1 Å². The highest BCUT2D eigenvalue weighted by Crippen LogP contribution is 2.25. The topological polar surface area (TPSA) is 92.5 Å². The number of hydrogen-bond acceptors (Lipinski definition) is 4. The number of aryl methyl sites for hydroxylation is 1. The van der Waals surface area contributed by atoms with E-state index in [1.807, 2.05) is 13.8 Å². The van der Waals surface area contributed by atoms with Crippen LogP contribution in [0.5, 0.6) is 0 Å². The Morgan fingerprint density at radius 1 is 1.23 bits per heavy atom. The molecule has 1 aromatic carbocycles. The molecule has 2 rings (SSSR count). The van der Waals surface area contributed by atoms with E-state index in [2.05, 4.69) is 5.32 Å². The molecule has 0 bridgehead atoms. The number of rotatable bonds is 5. The van der Waals surface area contributed by atoms with E-state index >= 15 is 0 Å². The number of fused-ring (bicyclic) bond motifs is 1. The summed E-state index contributed by atoms with van der Waals surface area (Å²) in [4.78, 5) is 37.9. The number of hydrogen-bond donors (Lipinski definition) is 2. The molecule has 6 heteroatoms. The van der Waals surface area contributed by atoms with Gasteiger partial charge in [0.1, 0.15) is 6.04 Å². The Hall–Kier alpha value is -2.21. The van der Waals surface area contributed by atoms with Gasteiger partial charge in [-0.3, -0.25) is 19.3 Å². The van der Waals surface area contributed by atoms with Crippen molar-refractivity contribution >= 4 is 17.7 Å². The minimum atomic E-state index is -0.846. The molecule has 1 heterocycles. The van der Waals surface area contributed by atoms with Gasteiger partial charge in [-0.15, -0.1) is 0 Å². The van der Waals surface area contributed by atoms with Crippen molar-refractivity contribution in [3.63, 3.8) is 0 Å². The molecular formula is C16H21N3O3. The van der Waals surface area contributed by atoms with Crippen molar-refractivity contribution in [3.8, 4) is 0 Å². The van der Waals surface area contributed by atoms with E-state index in [1.54, 1.807) is 25.1 Å². The van der Waals surface area contributed by atoms with Crippen molar-refractivity contribution in [2.75, 3.05) is 6.54 Å². The lowest BCUT2D eigenvalue weighted by molar-refractivity contribution is -0.124. The fourth-order valence-electron chi connectivity index (χ4n) is 2.41. The molecule has 1 aliphatic rings. The second-order valence-corrected chi connectivity index (χ2v) is 5.76. The van der Waals surface area contributed by atoms with Gasteiger partial charge in [-0.2, -0.15) is 0 Å². The van der Waals surface area contributed by atoms with Crippen LogP contribution in [0.3, 0.4) is 0 Å². The molecule has 1 aliphatic heterocycles. The van der Waals surface area contributed by atoms with E-state index in [0.29, 0.717) is 24.1 Å². The fourth-order valence-corrected chi connectivity index (χ4v) is 2.41. The third-order valence-electron chi connectivity index (χ3n) is 3.74. The fraction of sp³-hybridized carbons (Fsp3) is 0.438. The summed E-state index contributed by atoms with van der Waals surface area (Å²) in [5, 5.41) is 2.70. The van der Waals surface area contributed by atoms with Crippen LogP contribution in [-0.4, -0.2) is 41.2 Å². The smallest absolute Gasteiger partial charge is 0.262 e. The summed E-state index contributed by atoms with van der Waals surface area (Å²) in [6, 6.07) is 4.22. The number of nitrogens with one attached hydrogen (secondary N) is 1. The summed E-state index contributed by atoms with van der Waals surface area (Å²) in [5.41, 5.74) is 7.24. The minimum Gasteiger partial charge on any atom is -0.354 e. The van der Waals surface area contributed by atoms with Gasteiger partial charge in [0, 0.05) is 12.6 Å². The zero-order valence-electron chi connectivity index (χ0n) is 13.1. The molecule has 0 aromatic heterocycles. The molecule has 2 unspecified atom stereocenters. The third kappa shape index (κ3) is 3.01. The van der Waals surface area contributed by atoms with E-state index in [9.17, 15) is 14.4 Å². The van der Waals surface area contributed by atoms with E-state index < -0.39 is 17.9 Å². The first-order valence-electron chi connectivity index (χ1n) is 7.34. The Morgan fingerprint density at radius 2 is 1.86 bits per heavy atom. The zero-order chi connectivity index (χ0) is 16.4. The van der Waals surface area contributed by atoms with Crippen LogP contribution in [0.1, 0.15) is 46.5 Å². The van der Waals surface area contributed by atoms with Crippen LogP contribution in [-0.2, 0) is 4.79 Å². The maximum Gasteiger partial charge on any atom is 0.262 e. The molecule has 1 aromatic rings. The number of carbonyl (C=O) groups is 3. The van der Waals surface area contributed by atoms with Gasteiger partial charge < -0.3 is 11.1 Å². The Bertz CT molecular complexity index is 625. The van der Waals surface area contributed by atoms with Gasteiger partial charge in [0.15, 0.2) is 0 Å². The molecule has 0 radical (unpaired) electrons. The van der Waals surface area contributed by atoms with Crippen molar-refractivity contribution in [2.45, 2.75) is 39.3 Å². The van der Waals surface area contributed by atoms with Gasteiger partial charge in [-0.25, -0.2) is 0 Å². The van der Waals surface area contributed by atoms with Crippen LogP contribution in [0.15, 0.2) is 18.2 Å². The molecular weight excluding hydrogens is 282 g/mol. The largest absolute Gasteiger partial charge is 0.354 e. The summed E-state index contributed by atoms with van der Waals surface area (Å²) in [6.45, 7) is 5.67. The van der Waals surface area contributed by atoms with Crippen LogP contribution in [0.25, 0.3) is 0 Å². The summed E-state index contributed by atoms with van der Waals surface area (Å²) in [5.74, 6) is -1.19. The lowest BCUT2D eigenvalue weighted by atomic mass is 10.1. The van der Waals surface area contributed by atoms with E-state index in [4.69, 9.17) is 5.73 Å². The first-order valence-corrected chi connectivity index (χ1v) is 7.34. The van der Waals surface area contributed by atoms with Gasteiger partial charge in [-0.05, 0) is 39.3 Å². The number of carbonyl (C=O) groups excluding carboxylic acids is 3. The van der Waals surface area contributed by atoms with E-state index in [0.717, 1.165) is 10.5 Å². The summed E-state index contributed by atoms with van der Waals surface area (Å²) < 4.78 is 0. The molecule has 6 nitrogen and oxygen atoms in total. The lowest BCUT2D eigenvalue weighted by Crippen LogP contribution is -2.48. The van der Waals surface area contributed by atoms with Crippen molar-refractivity contribution in [2.24, 2.45) is 5.73 Å². The summed E-state index contributed by atoms with van der Waals surface area (Å²) in [6.07, 6.45) is 0.639. The van der Waals surface area contributed by atoms with Crippen molar-refractivity contribution < 1.29 is 14.4 Å². The normalized spacial score (nSPS) is 16.5. The first kappa shape index (κ1) is 16.2. The molecule has 3 amide bonds. The van der Waals surface area contributed by atoms with Crippen molar-refractivity contribution in [1.82, 2.24) is 10.2 Å². The van der Waals surface area contributed by atoms with Gasteiger partial charge in [0.2, 0.25) is 5.91 Å². The van der Waals surface area contributed by atoms with Gasteiger partial charge >= 0.3 is 0 Å². The molecule has 2 atom stereocenters. The predicted molar refractivity (Wildman–Crippen MR) is 82.4 cm³/mol. The highest BCUT2D eigenvalue weighted by molar-refractivity contribution is 6.22. The van der Waals surface area contributed by atoms with Crippen LogP contribution < -0.4 is 11.1 Å². The molecule has 0 spiro atoms. The molecule has 0 saturated heterocycles. The van der Waals surface area contributed by atoms with E-state index in [1.165, 1.54) is 0 Å². The van der Waals surface area contributed by atoms with Crippen LogP contribution in [0, 0.1) is 6.92 Å². The average molecular weight is 303 g/mol. The molecule has 3 N–H and O–H groups in total. The van der Waals surface area contributed by atoms with Crippen molar-refractivity contribution in [1.29, 1.82) is 0 Å². The second kappa shape index (κ2) is 6.27. The second-order valence-electron chi connectivity index (χ2n) is 5.76. The Kier molecular flexibility index (Phi) is 4.61. The Balaban J connectivity index is 2.11. The molecule has 0 fully saturated rings. The monoisotopic (exact) mass is 303 g/mol. The van der Waals surface area contributed by atoms with Crippen molar-refractivity contribution in [3.05, 3.63) is 34.9 Å². The number of imide groups is 1. The lowest BCUT2D eigenvalue weighted by Gasteiger charge is -2.21. The summed E-state index contributed by atoms with van der Waals surface area (Å²) >= 11 is 0. The number of benzene rings is 1. The Morgan fingerprint density at radius 3 is 2.50 bits per heavy atom. The summed E-state index contributed by atoms with van der Waals surface area (Å²) in [7, 11) is 0. The van der Waals surface area contributed by atoms with E-state index in [-0.39, 0.29) is 11.9 Å². The van der Waals surface area contributed by atoms with Gasteiger partial charge in [-0.1, -0.05) is 11.6 Å². The van der Waals surface area contributed by atoms with Crippen LogP contribution in [0.4, 0.5) is 0 Å². The maximum absolute atomic E-state index is 12.4. The van der Waals surface area contributed by atoms with Gasteiger partial charge in [0.25, 0.3) is 11.8 Å². The Labute approximate surface area is 129 Å². The quantitative estimate of drug-likeness (QED) is 0.788. The highest BCUT2D eigenvalue weighted by atomic mass is 16.2. The number of nitrogens with two attached hydrogens (primary N) is 1. The predicted octanol–water partition coefficient (Wildman–Crippen LogP) is 0.833. The molecule has 22 heavy (non-hydrogen) atoms. The van der Waals surface area contributed by atoms with Crippen LogP contribution >= 0.6 is 0 Å². The molecule has 0 saturated carbocycles.